The highest BCUT2D eigenvalue weighted by molar-refractivity contribution is 9.10. The van der Waals surface area contributed by atoms with Crippen LogP contribution in [0.4, 0.5) is 4.39 Å². The summed E-state index contributed by atoms with van der Waals surface area (Å²) < 4.78 is 14.4. The maximum atomic E-state index is 13.0. The lowest BCUT2D eigenvalue weighted by molar-refractivity contribution is 0.629. The van der Waals surface area contributed by atoms with E-state index < -0.39 is 0 Å². The van der Waals surface area contributed by atoms with Gasteiger partial charge in [-0.05, 0) is 28.1 Å². The molecule has 0 aliphatic carbocycles. The molecule has 0 amide bonds. The van der Waals surface area contributed by atoms with Crippen molar-refractivity contribution in [3.8, 4) is 6.07 Å². The molecular weight excluding hydrogens is 267 g/mol. The fraction of sp³-hybridized carbons (Fsp3) is 0.111. The first-order valence-corrected chi connectivity index (χ1v) is 5.43. The van der Waals surface area contributed by atoms with Gasteiger partial charge in [-0.25, -0.2) is 9.37 Å². The predicted octanol–water partition coefficient (Wildman–Crippen LogP) is 3.26. The second-order valence-corrected chi connectivity index (χ2v) is 4.65. The normalized spacial score (nSPS) is 10.4. The Balaban J connectivity index is 2.66. The van der Waals surface area contributed by atoms with Gasteiger partial charge in [0, 0.05) is 4.47 Å². The number of nitrogens with zero attached hydrogens (tertiary/aromatic N) is 2. The minimum absolute atomic E-state index is 0.271. The summed E-state index contributed by atoms with van der Waals surface area (Å²) in [6.07, 6.45) is 0.271. The Labute approximate surface area is 92.1 Å². The number of fused-ring (bicyclic) bond motifs is 1. The summed E-state index contributed by atoms with van der Waals surface area (Å²) in [6, 6.07) is 4.82. The first-order valence-electron chi connectivity index (χ1n) is 3.82. The van der Waals surface area contributed by atoms with Crippen LogP contribution in [-0.4, -0.2) is 4.98 Å². The van der Waals surface area contributed by atoms with E-state index in [9.17, 15) is 4.39 Å². The number of rotatable bonds is 1. The van der Waals surface area contributed by atoms with Crippen LogP contribution in [0.2, 0.25) is 0 Å². The molecule has 0 aliphatic heterocycles. The Morgan fingerprint density at radius 1 is 1.57 bits per heavy atom. The van der Waals surface area contributed by atoms with E-state index in [1.807, 2.05) is 6.07 Å². The molecule has 0 saturated heterocycles. The van der Waals surface area contributed by atoms with Crippen LogP contribution in [0.15, 0.2) is 16.6 Å². The van der Waals surface area contributed by atoms with Crippen LogP contribution in [0.3, 0.4) is 0 Å². The zero-order chi connectivity index (χ0) is 10.1. The van der Waals surface area contributed by atoms with Gasteiger partial charge in [0.05, 0.1) is 22.7 Å². The fourth-order valence-electron chi connectivity index (χ4n) is 1.15. The van der Waals surface area contributed by atoms with Crippen molar-refractivity contribution >= 4 is 37.5 Å². The van der Waals surface area contributed by atoms with E-state index in [1.54, 1.807) is 0 Å². The van der Waals surface area contributed by atoms with Crippen molar-refractivity contribution in [3.05, 3.63) is 27.4 Å². The van der Waals surface area contributed by atoms with Crippen molar-refractivity contribution in [2.45, 2.75) is 6.42 Å². The van der Waals surface area contributed by atoms with Crippen LogP contribution >= 0.6 is 27.3 Å². The number of benzene rings is 1. The molecule has 0 unspecified atom stereocenters. The number of nitriles is 1. The molecule has 70 valence electrons. The third-order valence-electron chi connectivity index (χ3n) is 1.69. The third kappa shape index (κ3) is 1.63. The highest BCUT2D eigenvalue weighted by Crippen LogP contribution is 2.29. The SMILES string of the molecule is N#CCc1nc2c(Br)cc(F)cc2s1. The van der Waals surface area contributed by atoms with Crippen molar-refractivity contribution in [1.29, 1.82) is 5.26 Å². The Kier molecular flexibility index (Phi) is 2.48. The molecule has 0 N–H and O–H groups in total. The predicted molar refractivity (Wildman–Crippen MR) is 56.6 cm³/mol. The average molecular weight is 271 g/mol. The van der Waals surface area contributed by atoms with E-state index in [1.165, 1.54) is 23.5 Å². The summed E-state index contributed by atoms with van der Waals surface area (Å²) in [4.78, 5) is 4.23. The molecule has 0 atom stereocenters. The molecule has 0 fully saturated rings. The van der Waals surface area contributed by atoms with Gasteiger partial charge in [-0.15, -0.1) is 11.3 Å². The maximum absolute atomic E-state index is 13.0. The summed E-state index contributed by atoms with van der Waals surface area (Å²) >= 11 is 4.58. The topological polar surface area (TPSA) is 36.7 Å². The first-order chi connectivity index (χ1) is 6.70. The summed E-state index contributed by atoms with van der Waals surface area (Å²) in [6.45, 7) is 0. The van der Waals surface area contributed by atoms with E-state index >= 15 is 0 Å². The van der Waals surface area contributed by atoms with Gasteiger partial charge < -0.3 is 0 Å². The Morgan fingerprint density at radius 3 is 3.07 bits per heavy atom. The standard InChI is InChI=1S/C9H4BrFN2S/c10-6-3-5(11)4-7-9(6)13-8(14-7)1-2-12/h3-4H,1H2. The van der Waals surface area contributed by atoms with Crippen LogP contribution in [0, 0.1) is 17.1 Å². The Bertz CT molecular complexity index is 529. The lowest BCUT2D eigenvalue weighted by atomic mass is 10.3. The smallest absolute Gasteiger partial charge is 0.125 e. The van der Waals surface area contributed by atoms with Gasteiger partial charge in [-0.3, -0.25) is 0 Å². The Hall–Kier alpha value is -0.990. The molecule has 5 heteroatoms. The van der Waals surface area contributed by atoms with E-state index in [0.717, 1.165) is 10.2 Å². The van der Waals surface area contributed by atoms with Crippen LogP contribution in [0.25, 0.3) is 10.2 Å². The molecule has 2 aromatic rings. The molecule has 0 saturated carbocycles. The van der Waals surface area contributed by atoms with E-state index in [4.69, 9.17) is 5.26 Å². The number of thiazole rings is 1. The van der Waals surface area contributed by atoms with Gasteiger partial charge in [0.15, 0.2) is 0 Å². The molecule has 0 aliphatic rings. The average Bonchev–Trinajstić information content (AvgIpc) is 2.48. The zero-order valence-corrected chi connectivity index (χ0v) is 9.32. The molecule has 0 radical (unpaired) electrons. The second kappa shape index (κ2) is 3.64. The Morgan fingerprint density at radius 2 is 2.36 bits per heavy atom. The fourth-order valence-corrected chi connectivity index (χ4v) is 2.75. The molecule has 1 aromatic heterocycles. The number of hydrogen-bond donors (Lipinski definition) is 0. The molecule has 0 spiro atoms. The van der Waals surface area contributed by atoms with Crippen molar-refractivity contribution in [3.63, 3.8) is 0 Å². The lowest BCUT2D eigenvalue weighted by Crippen LogP contribution is -1.78. The van der Waals surface area contributed by atoms with Crippen LogP contribution in [0.1, 0.15) is 5.01 Å². The second-order valence-electron chi connectivity index (χ2n) is 2.68. The third-order valence-corrected chi connectivity index (χ3v) is 3.29. The largest absolute Gasteiger partial charge is 0.239 e. The molecule has 1 aromatic carbocycles. The zero-order valence-electron chi connectivity index (χ0n) is 6.92. The van der Waals surface area contributed by atoms with Gasteiger partial charge in [-0.2, -0.15) is 5.26 Å². The van der Waals surface area contributed by atoms with Crippen LogP contribution < -0.4 is 0 Å². The van der Waals surface area contributed by atoms with Crippen molar-refractivity contribution < 1.29 is 4.39 Å². The molecular formula is C9H4BrFN2S. The molecule has 0 bridgehead atoms. The quantitative estimate of drug-likeness (QED) is 0.798. The number of hydrogen-bond acceptors (Lipinski definition) is 3. The van der Waals surface area contributed by atoms with E-state index in [-0.39, 0.29) is 12.2 Å². The van der Waals surface area contributed by atoms with E-state index in [2.05, 4.69) is 20.9 Å². The molecule has 2 nitrogen and oxygen atoms in total. The van der Waals surface area contributed by atoms with Crippen molar-refractivity contribution in [2.24, 2.45) is 0 Å². The van der Waals surface area contributed by atoms with Gasteiger partial charge in [0.1, 0.15) is 10.8 Å². The maximum Gasteiger partial charge on any atom is 0.125 e. The minimum Gasteiger partial charge on any atom is -0.239 e. The summed E-state index contributed by atoms with van der Waals surface area (Å²) in [5, 5.41) is 9.22. The van der Waals surface area contributed by atoms with Crippen molar-refractivity contribution in [1.82, 2.24) is 4.98 Å². The van der Waals surface area contributed by atoms with Gasteiger partial charge in [-0.1, -0.05) is 0 Å². The summed E-state index contributed by atoms with van der Waals surface area (Å²) in [7, 11) is 0. The first kappa shape index (κ1) is 9.56. The minimum atomic E-state index is -0.295. The van der Waals surface area contributed by atoms with Crippen molar-refractivity contribution in [2.75, 3.05) is 0 Å². The van der Waals surface area contributed by atoms with Crippen LogP contribution in [-0.2, 0) is 6.42 Å². The van der Waals surface area contributed by atoms with Crippen LogP contribution in [0.5, 0.6) is 0 Å². The highest BCUT2D eigenvalue weighted by Gasteiger charge is 2.08. The highest BCUT2D eigenvalue weighted by atomic mass is 79.9. The summed E-state index contributed by atoms with van der Waals surface area (Å²) in [5.41, 5.74) is 0.724. The van der Waals surface area contributed by atoms with Gasteiger partial charge >= 0.3 is 0 Å². The number of aromatic nitrogens is 1. The van der Waals surface area contributed by atoms with Gasteiger partial charge in [0.25, 0.3) is 0 Å². The van der Waals surface area contributed by atoms with Gasteiger partial charge in [0.2, 0.25) is 0 Å². The lowest BCUT2D eigenvalue weighted by Gasteiger charge is -1.91. The summed E-state index contributed by atoms with van der Waals surface area (Å²) in [5.74, 6) is -0.295. The molecule has 14 heavy (non-hydrogen) atoms. The van der Waals surface area contributed by atoms with E-state index in [0.29, 0.717) is 9.48 Å². The molecule has 2 rings (SSSR count). The number of halogens is 2. The molecule has 1 heterocycles. The monoisotopic (exact) mass is 270 g/mol.